The minimum absolute atomic E-state index is 0.00552. The van der Waals surface area contributed by atoms with Crippen LogP contribution in [-0.2, 0) is 30.4 Å². The Morgan fingerprint density at radius 2 is 1.36 bits per heavy atom. The molecule has 0 spiro atoms. The fraction of sp³-hybridized carbons (Fsp3) is 0.219. The minimum Gasteiger partial charge on any atom is -0.469 e. The molecule has 2 N–H and O–H groups in total. The third kappa shape index (κ3) is 4.78. The molecular formula is C32H30BN3O6. The molecule has 6 rings (SSSR count). The Hall–Kier alpha value is -4.99. The van der Waals surface area contributed by atoms with E-state index in [2.05, 4.69) is 10.5 Å². The summed E-state index contributed by atoms with van der Waals surface area (Å²) in [6.07, 6.45) is -0.738. The first-order valence-electron chi connectivity index (χ1n) is 13.8. The summed E-state index contributed by atoms with van der Waals surface area (Å²) in [6.45, 7) is -0.647. The highest BCUT2D eigenvalue weighted by atomic mass is 16.6. The van der Waals surface area contributed by atoms with E-state index in [4.69, 9.17) is 14.2 Å². The highest BCUT2D eigenvalue weighted by molar-refractivity contribution is 6.70. The molecule has 4 atom stereocenters. The molecule has 42 heavy (non-hydrogen) atoms. The molecule has 1 fully saturated rings. The van der Waals surface area contributed by atoms with Crippen LogP contribution in [-0.4, -0.2) is 50.2 Å². The first kappa shape index (κ1) is 27.2. The number of benzene rings is 4. The van der Waals surface area contributed by atoms with Crippen LogP contribution in [0.4, 0.5) is 16.2 Å². The maximum absolute atomic E-state index is 14.0. The fourth-order valence-corrected chi connectivity index (χ4v) is 6.33. The maximum atomic E-state index is 14.0. The molecule has 2 aliphatic rings. The first-order chi connectivity index (χ1) is 20.5. The van der Waals surface area contributed by atoms with Crippen molar-refractivity contribution >= 4 is 47.2 Å². The van der Waals surface area contributed by atoms with Gasteiger partial charge in [0.15, 0.2) is 0 Å². The molecule has 1 saturated heterocycles. The average Bonchev–Trinajstić information content (AvgIpc) is 3.40. The van der Waals surface area contributed by atoms with Crippen LogP contribution < -0.4 is 10.5 Å². The van der Waals surface area contributed by atoms with Crippen LogP contribution in [0.25, 0.3) is 10.8 Å². The predicted octanol–water partition coefficient (Wildman–Crippen LogP) is 5.26. The lowest BCUT2D eigenvalue weighted by molar-refractivity contribution is -0.146. The summed E-state index contributed by atoms with van der Waals surface area (Å²) < 4.78 is 16.4. The number of carbonyl (C=O) groups is 3. The fourth-order valence-electron chi connectivity index (χ4n) is 6.33. The number of likely N-dealkylation sites (tertiary alicyclic amines) is 1. The number of rotatable bonds is 6. The van der Waals surface area contributed by atoms with Crippen molar-refractivity contribution in [3.63, 3.8) is 0 Å². The molecular weight excluding hydrogens is 533 g/mol. The van der Waals surface area contributed by atoms with Gasteiger partial charge in [0.05, 0.1) is 26.2 Å². The summed E-state index contributed by atoms with van der Waals surface area (Å²) in [6, 6.07) is 28.2. The Labute approximate surface area is 243 Å². The van der Waals surface area contributed by atoms with E-state index in [1.165, 1.54) is 19.1 Å². The van der Waals surface area contributed by atoms with Gasteiger partial charge in [0.1, 0.15) is 12.6 Å². The SMILES string of the molecule is COC(=O)[C@H]1[C@H](B2Nc3cccc4cccc(c34)N2)[C@@H](C(=O)OC)N(C(=O)OCc2ccccc2)[C@H]1c1ccccc1. The Morgan fingerprint density at radius 1 is 0.762 bits per heavy atom. The van der Waals surface area contributed by atoms with Crippen LogP contribution in [0.5, 0.6) is 0 Å². The predicted molar refractivity (Wildman–Crippen MR) is 160 cm³/mol. The minimum atomic E-state index is -1.18. The number of ether oxygens (including phenoxy) is 3. The summed E-state index contributed by atoms with van der Waals surface area (Å²) >= 11 is 0. The monoisotopic (exact) mass is 563 g/mol. The smallest absolute Gasteiger partial charge is 0.411 e. The van der Waals surface area contributed by atoms with Crippen molar-refractivity contribution < 1.29 is 28.6 Å². The zero-order valence-corrected chi connectivity index (χ0v) is 23.2. The number of amides is 1. The number of nitrogens with zero attached hydrogens (tertiary/aromatic N) is 1. The van der Waals surface area contributed by atoms with Gasteiger partial charge < -0.3 is 24.7 Å². The van der Waals surface area contributed by atoms with Gasteiger partial charge in [0.2, 0.25) is 0 Å². The topological polar surface area (TPSA) is 106 Å². The van der Waals surface area contributed by atoms with Crippen molar-refractivity contribution in [3.8, 4) is 0 Å². The van der Waals surface area contributed by atoms with E-state index >= 15 is 0 Å². The quantitative estimate of drug-likeness (QED) is 0.186. The van der Waals surface area contributed by atoms with Gasteiger partial charge in [-0.05, 0) is 28.6 Å². The van der Waals surface area contributed by atoms with E-state index in [-0.39, 0.29) is 6.61 Å². The number of carbonyl (C=O) groups excluding carboxylic acids is 3. The molecule has 0 saturated carbocycles. The summed E-state index contributed by atoms with van der Waals surface area (Å²) in [4.78, 5) is 42.6. The van der Waals surface area contributed by atoms with Crippen LogP contribution in [0.15, 0.2) is 97.1 Å². The van der Waals surface area contributed by atoms with Gasteiger partial charge >= 0.3 is 25.0 Å². The molecule has 1 amide bonds. The Kier molecular flexibility index (Phi) is 7.44. The second-order valence-electron chi connectivity index (χ2n) is 10.4. The van der Waals surface area contributed by atoms with Gasteiger partial charge in [-0.2, -0.15) is 0 Å². The van der Waals surface area contributed by atoms with Crippen LogP contribution in [0.1, 0.15) is 17.2 Å². The van der Waals surface area contributed by atoms with E-state index in [1.54, 1.807) is 0 Å². The van der Waals surface area contributed by atoms with Gasteiger partial charge in [0.25, 0.3) is 0 Å². The van der Waals surface area contributed by atoms with Gasteiger partial charge in [-0.3, -0.25) is 9.69 Å². The molecule has 0 unspecified atom stereocenters. The lowest BCUT2D eigenvalue weighted by Gasteiger charge is -2.34. The number of hydrogen-bond acceptors (Lipinski definition) is 8. The first-order valence-corrected chi connectivity index (χ1v) is 13.8. The van der Waals surface area contributed by atoms with E-state index in [1.807, 2.05) is 97.1 Å². The Morgan fingerprint density at radius 3 is 1.95 bits per heavy atom. The average molecular weight is 563 g/mol. The van der Waals surface area contributed by atoms with Gasteiger partial charge in [-0.25, -0.2) is 9.59 Å². The largest absolute Gasteiger partial charge is 0.469 e. The van der Waals surface area contributed by atoms with Crippen molar-refractivity contribution in [2.75, 3.05) is 24.7 Å². The molecule has 10 heteroatoms. The molecule has 0 aliphatic carbocycles. The molecule has 0 radical (unpaired) electrons. The number of methoxy groups -OCH3 is 2. The van der Waals surface area contributed by atoms with E-state index < -0.39 is 48.8 Å². The van der Waals surface area contributed by atoms with Gasteiger partial charge in [0, 0.05) is 22.6 Å². The van der Waals surface area contributed by atoms with Crippen LogP contribution in [0, 0.1) is 5.92 Å². The zero-order chi connectivity index (χ0) is 29.2. The third-order valence-corrected chi connectivity index (χ3v) is 8.10. The van der Waals surface area contributed by atoms with Crippen molar-refractivity contribution in [1.82, 2.24) is 4.90 Å². The summed E-state index contributed by atoms with van der Waals surface area (Å²) in [7, 11) is 2.58. The lowest BCUT2D eigenvalue weighted by Crippen LogP contribution is -2.52. The van der Waals surface area contributed by atoms with E-state index in [0.717, 1.165) is 27.7 Å². The number of esters is 2. The molecule has 9 nitrogen and oxygen atoms in total. The van der Waals surface area contributed by atoms with Crippen molar-refractivity contribution in [2.45, 2.75) is 24.5 Å². The normalized spacial score (nSPS) is 20.8. The molecule has 2 heterocycles. The van der Waals surface area contributed by atoms with Crippen LogP contribution in [0.2, 0.25) is 5.82 Å². The second kappa shape index (κ2) is 11.5. The van der Waals surface area contributed by atoms with Gasteiger partial charge in [-0.1, -0.05) is 84.9 Å². The third-order valence-electron chi connectivity index (χ3n) is 8.10. The van der Waals surface area contributed by atoms with Crippen molar-refractivity contribution in [3.05, 3.63) is 108 Å². The van der Waals surface area contributed by atoms with Crippen LogP contribution in [0.3, 0.4) is 0 Å². The molecule has 0 aromatic heterocycles. The Balaban J connectivity index is 1.46. The second-order valence-corrected chi connectivity index (χ2v) is 10.4. The lowest BCUT2D eigenvalue weighted by atomic mass is 9.53. The van der Waals surface area contributed by atoms with Crippen molar-refractivity contribution in [2.24, 2.45) is 5.92 Å². The van der Waals surface area contributed by atoms with Crippen LogP contribution >= 0.6 is 0 Å². The highest BCUT2D eigenvalue weighted by Gasteiger charge is 2.62. The number of hydrogen-bond donors (Lipinski definition) is 2. The zero-order valence-electron chi connectivity index (χ0n) is 23.2. The molecule has 212 valence electrons. The Bertz CT molecular complexity index is 1580. The van der Waals surface area contributed by atoms with Gasteiger partial charge in [-0.15, -0.1) is 0 Å². The number of nitrogens with one attached hydrogen (secondary N) is 2. The molecule has 0 bridgehead atoms. The summed E-state index contributed by atoms with van der Waals surface area (Å²) in [5.74, 6) is -2.96. The molecule has 2 aliphatic heterocycles. The van der Waals surface area contributed by atoms with E-state index in [0.29, 0.717) is 5.56 Å². The standard InChI is InChI=1S/C32H30BN3O6/c1-40-30(37)26-27(33-34-23-17-9-15-21-16-10-18-24(35-33)25(21)23)29(31(38)41-2)36(28(26)22-13-7-4-8-14-22)32(39)42-19-20-11-5-3-6-12-20/h3-18,26-29,34-35H,19H2,1-2H3/t26-,27-,28-,29-/m0/s1. The molecule has 4 aromatic carbocycles. The number of anilines is 2. The maximum Gasteiger partial charge on any atom is 0.411 e. The van der Waals surface area contributed by atoms with E-state index in [9.17, 15) is 14.4 Å². The summed E-state index contributed by atoms with van der Waals surface area (Å²) in [5, 5.41) is 9.05. The molecule has 4 aromatic rings. The summed E-state index contributed by atoms with van der Waals surface area (Å²) in [5.41, 5.74) is 3.15. The van der Waals surface area contributed by atoms with Crippen molar-refractivity contribution in [1.29, 1.82) is 0 Å². The highest BCUT2D eigenvalue weighted by Crippen LogP contribution is 2.52.